The van der Waals surface area contributed by atoms with Crippen molar-refractivity contribution in [2.24, 2.45) is 5.41 Å². The van der Waals surface area contributed by atoms with Crippen molar-refractivity contribution in [3.05, 3.63) is 18.3 Å². The first-order valence-electron chi connectivity index (χ1n) is 11.0. The number of carbonyl (C=O) groups excluding carboxylic acids is 2. The standard InChI is InChI=1S/C22H28F3N3O4/c1-15(22(23,24)25)32-17-5-4-16(13-26-17)28-12-10-20(19(28)30)6-8-21(31,9-7-20)14-27-11-2-3-18(27)29/h4-5,13,15,31H,2-3,6-12,14H2,1H3/t15-,20?,21?/m0/s1. The first kappa shape index (κ1) is 22.8. The summed E-state index contributed by atoms with van der Waals surface area (Å²) < 4.78 is 42.8. The number of hydrogen-bond acceptors (Lipinski definition) is 5. The van der Waals surface area contributed by atoms with Crippen LogP contribution in [0.1, 0.15) is 51.9 Å². The highest BCUT2D eigenvalue weighted by molar-refractivity contribution is 5.99. The fraction of sp³-hybridized carbons (Fsp3) is 0.682. The zero-order valence-electron chi connectivity index (χ0n) is 18.0. The second-order valence-corrected chi connectivity index (χ2v) is 9.29. The van der Waals surface area contributed by atoms with Gasteiger partial charge in [0.05, 0.1) is 22.9 Å². The monoisotopic (exact) mass is 455 g/mol. The number of pyridine rings is 1. The number of aromatic nitrogens is 1. The molecule has 1 spiro atoms. The number of halogens is 3. The molecule has 3 fully saturated rings. The van der Waals surface area contributed by atoms with Crippen molar-refractivity contribution in [2.45, 2.75) is 69.8 Å². The van der Waals surface area contributed by atoms with Crippen LogP contribution in [-0.2, 0) is 9.59 Å². The summed E-state index contributed by atoms with van der Waals surface area (Å²) in [6.45, 7) is 2.39. The number of amides is 2. The third kappa shape index (κ3) is 4.42. The number of likely N-dealkylation sites (tertiary alicyclic amines) is 1. The molecule has 0 unspecified atom stereocenters. The Labute approximate surface area is 184 Å². The van der Waals surface area contributed by atoms with Gasteiger partial charge >= 0.3 is 6.18 Å². The maximum Gasteiger partial charge on any atom is 0.425 e. The van der Waals surface area contributed by atoms with Crippen LogP contribution in [-0.4, -0.2) is 64.3 Å². The lowest BCUT2D eigenvalue weighted by molar-refractivity contribution is -0.189. The summed E-state index contributed by atoms with van der Waals surface area (Å²) in [5.41, 5.74) is -1.00. The van der Waals surface area contributed by atoms with E-state index < -0.39 is 23.3 Å². The first-order valence-corrected chi connectivity index (χ1v) is 11.0. The van der Waals surface area contributed by atoms with E-state index in [2.05, 4.69) is 4.98 Å². The number of β-amino-alcohol motifs (C(OH)–C–C–N with tert-alkyl or cyclic N) is 1. The Balaban J connectivity index is 1.37. The maximum absolute atomic E-state index is 13.3. The lowest BCUT2D eigenvalue weighted by Crippen LogP contribution is -2.49. The normalized spacial score (nSPS) is 29.8. The van der Waals surface area contributed by atoms with E-state index >= 15 is 0 Å². The van der Waals surface area contributed by atoms with Crippen LogP contribution in [0.2, 0.25) is 0 Å². The molecule has 0 bridgehead atoms. The molecule has 1 aromatic rings. The van der Waals surface area contributed by atoms with Crippen LogP contribution >= 0.6 is 0 Å². The van der Waals surface area contributed by atoms with Crippen LogP contribution in [0.3, 0.4) is 0 Å². The van der Waals surface area contributed by atoms with Gasteiger partial charge in [-0.15, -0.1) is 0 Å². The van der Waals surface area contributed by atoms with E-state index in [1.807, 2.05) is 0 Å². The number of anilines is 1. The lowest BCUT2D eigenvalue weighted by Gasteiger charge is -2.42. The molecule has 0 radical (unpaired) electrons. The van der Waals surface area contributed by atoms with Gasteiger partial charge in [-0.3, -0.25) is 9.59 Å². The summed E-state index contributed by atoms with van der Waals surface area (Å²) in [4.78, 5) is 32.4. The SMILES string of the molecule is C[C@H](Oc1ccc(N2CCC3(CCC(O)(CN4CCCC4=O)CC3)C2=O)cn1)C(F)(F)F. The molecule has 1 aromatic heterocycles. The van der Waals surface area contributed by atoms with Crippen molar-refractivity contribution < 1.29 is 32.6 Å². The molecule has 0 aromatic carbocycles. The fourth-order valence-electron chi connectivity index (χ4n) is 4.96. The minimum atomic E-state index is -4.48. The predicted molar refractivity (Wildman–Crippen MR) is 109 cm³/mol. The largest absolute Gasteiger partial charge is 0.465 e. The van der Waals surface area contributed by atoms with Crippen molar-refractivity contribution in [2.75, 3.05) is 24.5 Å². The number of alkyl halides is 3. The zero-order valence-corrected chi connectivity index (χ0v) is 18.0. The average molecular weight is 455 g/mol. The Bertz CT molecular complexity index is 866. The third-order valence-electron chi connectivity index (χ3n) is 7.10. The highest BCUT2D eigenvalue weighted by Gasteiger charge is 2.52. The summed E-state index contributed by atoms with van der Waals surface area (Å²) in [5.74, 6) is -0.124. The third-order valence-corrected chi connectivity index (χ3v) is 7.10. The smallest absolute Gasteiger partial charge is 0.425 e. The van der Waals surface area contributed by atoms with Gasteiger partial charge in [0.1, 0.15) is 0 Å². The molecule has 1 aliphatic carbocycles. The number of rotatable bonds is 5. The van der Waals surface area contributed by atoms with Crippen LogP contribution in [0, 0.1) is 5.41 Å². The maximum atomic E-state index is 13.3. The molecule has 1 atom stereocenters. The number of aliphatic hydroxyl groups is 1. The van der Waals surface area contributed by atoms with Crippen LogP contribution in [0.15, 0.2) is 18.3 Å². The lowest BCUT2D eigenvalue weighted by atomic mass is 9.67. The van der Waals surface area contributed by atoms with E-state index in [1.54, 1.807) is 15.9 Å². The summed E-state index contributed by atoms with van der Waals surface area (Å²) in [6.07, 6.45) is -1.12. The molecular formula is C22H28F3N3O4. The molecule has 2 amide bonds. The Morgan fingerprint density at radius 3 is 2.44 bits per heavy atom. The molecule has 176 valence electrons. The Morgan fingerprint density at radius 2 is 1.88 bits per heavy atom. The van der Waals surface area contributed by atoms with Crippen LogP contribution in [0.4, 0.5) is 18.9 Å². The van der Waals surface area contributed by atoms with Crippen LogP contribution in [0.25, 0.3) is 0 Å². The van der Waals surface area contributed by atoms with E-state index in [4.69, 9.17) is 4.74 Å². The van der Waals surface area contributed by atoms with Crippen molar-refractivity contribution in [3.8, 4) is 5.88 Å². The Hall–Kier alpha value is -2.36. The van der Waals surface area contributed by atoms with Gasteiger partial charge < -0.3 is 19.6 Å². The Kier molecular flexibility index (Phi) is 5.85. The van der Waals surface area contributed by atoms with Crippen molar-refractivity contribution in [1.29, 1.82) is 0 Å². The van der Waals surface area contributed by atoms with Crippen molar-refractivity contribution >= 4 is 17.5 Å². The summed E-state index contributed by atoms with van der Waals surface area (Å²) in [7, 11) is 0. The molecule has 7 nitrogen and oxygen atoms in total. The minimum absolute atomic E-state index is 0.0454. The van der Waals surface area contributed by atoms with Gasteiger partial charge in [0.25, 0.3) is 0 Å². The zero-order chi connectivity index (χ0) is 23.1. The quantitative estimate of drug-likeness (QED) is 0.738. The van der Waals surface area contributed by atoms with E-state index in [1.165, 1.54) is 12.3 Å². The van der Waals surface area contributed by atoms with Gasteiger partial charge in [-0.25, -0.2) is 4.98 Å². The number of hydrogen-bond donors (Lipinski definition) is 1. The van der Waals surface area contributed by atoms with Gasteiger partial charge in [0, 0.05) is 32.1 Å². The van der Waals surface area contributed by atoms with Gasteiger partial charge in [0.15, 0.2) is 6.10 Å². The molecule has 32 heavy (non-hydrogen) atoms. The van der Waals surface area contributed by atoms with Gasteiger partial charge in [0.2, 0.25) is 17.7 Å². The summed E-state index contributed by atoms with van der Waals surface area (Å²) in [6, 6.07) is 2.88. The van der Waals surface area contributed by atoms with Crippen LogP contribution in [0.5, 0.6) is 5.88 Å². The van der Waals surface area contributed by atoms with Gasteiger partial charge in [-0.1, -0.05) is 0 Å². The number of nitrogens with zero attached hydrogens (tertiary/aromatic N) is 3. The fourth-order valence-corrected chi connectivity index (χ4v) is 4.96. The molecule has 1 saturated carbocycles. The summed E-state index contributed by atoms with van der Waals surface area (Å²) >= 11 is 0. The van der Waals surface area contributed by atoms with E-state index in [0.717, 1.165) is 13.3 Å². The highest BCUT2D eigenvalue weighted by atomic mass is 19.4. The number of ether oxygens (including phenoxy) is 1. The van der Waals surface area contributed by atoms with Crippen molar-refractivity contribution in [1.82, 2.24) is 9.88 Å². The Morgan fingerprint density at radius 1 is 1.16 bits per heavy atom. The summed E-state index contributed by atoms with van der Waals surface area (Å²) in [5, 5.41) is 11.0. The molecule has 10 heteroatoms. The molecule has 2 aliphatic heterocycles. The van der Waals surface area contributed by atoms with E-state index in [-0.39, 0.29) is 17.7 Å². The molecular weight excluding hydrogens is 427 g/mol. The highest BCUT2D eigenvalue weighted by Crippen LogP contribution is 2.49. The second kappa shape index (κ2) is 8.20. The molecule has 2 saturated heterocycles. The topological polar surface area (TPSA) is 83.0 Å². The molecule has 3 aliphatic rings. The second-order valence-electron chi connectivity index (χ2n) is 9.29. The van der Waals surface area contributed by atoms with E-state index in [9.17, 15) is 27.9 Å². The first-order chi connectivity index (χ1) is 15.0. The predicted octanol–water partition coefficient (Wildman–Crippen LogP) is 3.06. The van der Waals surface area contributed by atoms with Crippen molar-refractivity contribution in [3.63, 3.8) is 0 Å². The van der Waals surface area contributed by atoms with Gasteiger partial charge in [-0.05, 0) is 51.5 Å². The molecule has 4 rings (SSSR count). The molecule has 3 heterocycles. The molecule has 1 N–H and O–H groups in total. The minimum Gasteiger partial charge on any atom is -0.465 e. The van der Waals surface area contributed by atoms with Crippen LogP contribution < -0.4 is 9.64 Å². The van der Waals surface area contributed by atoms with E-state index in [0.29, 0.717) is 63.8 Å². The van der Waals surface area contributed by atoms with Gasteiger partial charge in [-0.2, -0.15) is 13.2 Å². The number of carbonyl (C=O) groups is 2. The average Bonchev–Trinajstić information content (AvgIpc) is 3.28.